The van der Waals surface area contributed by atoms with Crippen molar-refractivity contribution in [3.8, 4) is 0 Å². The molecule has 1 aliphatic heterocycles. The third kappa shape index (κ3) is 2.95. The summed E-state index contributed by atoms with van der Waals surface area (Å²) in [4.78, 5) is 10.3. The van der Waals surface area contributed by atoms with E-state index in [1.807, 2.05) is 0 Å². The highest BCUT2D eigenvalue weighted by Crippen LogP contribution is 2.31. The van der Waals surface area contributed by atoms with Crippen LogP contribution in [-0.2, 0) is 0 Å². The van der Waals surface area contributed by atoms with E-state index in [0.29, 0.717) is 5.56 Å². The van der Waals surface area contributed by atoms with Crippen molar-refractivity contribution in [2.45, 2.75) is 12.5 Å². The van der Waals surface area contributed by atoms with Gasteiger partial charge in [0.15, 0.2) is 0 Å². The van der Waals surface area contributed by atoms with E-state index in [2.05, 4.69) is 5.32 Å². The molecule has 0 bridgehead atoms. The molecule has 1 heterocycles. The number of hydrogen-bond acceptors (Lipinski definition) is 4. The summed E-state index contributed by atoms with van der Waals surface area (Å²) in [5.41, 5.74) is 6.20. The molecule has 5 nitrogen and oxygen atoms in total. The molecule has 1 fully saturated rings. The SMILES string of the molecule is Cl.NC(c1ccc(F)cc1[N+](=O)[O-])[C@@H]1CCNC1. The average molecular weight is 276 g/mol. The van der Waals surface area contributed by atoms with Gasteiger partial charge in [-0.05, 0) is 37.6 Å². The number of nitro groups is 1. The van der Waals surface area contributed by atoms with Crippen molar-refractivity contribution in [2.75, 3.05) is 13.1 Å². The minimum Gasteiger partial charge on any atom is -0.323 e. The van der Waals surface area contributed by atoms with Gasteiger partial charge in [-0.1, -0.05) is 0 Å². The zero-order chi connectivity index (χ0) is 12.4. The molecule has 0 saturated carbocycles. The summed E-state index contributed by atoms with van der Waals surface area (Å²) < 4.78 is 13.0. The van der Waals surface area contributed by atoms with Gasteiger partial charge in [-0.3, -0.25) is 10.1 Å². The summed E-state index contributed by atoms with van der Waals surface area (Å²) in [6.45, 7) is 1.61. The van der Waals surface area contributed by atoms with Crippen LogP contribution in [0.25, 0.3) is 0 Å². The summed E-state index contributed by atoms with van der Waals surface area (Å²) in [7, 11) is 0. The van der Waals surface area contributed by atoms with Crippen LogP contribution in [0.1, 0.15) is 18.0 Å². The predicted octanol–water partition coefficient (Wildman–Crippen LogP) is 1.77. The molecule has 18 heavy (non-hydrogen) atoms. The van der Waals surface area contributed by atoms with Gasteiger partial charge in [-0.25, -0.2) is 4.39 Å². The fourth-order valence-electron chi connectivity index (χ4n) is 2.19. The maximum Gasteiger partial charge on any atom is 0.277 e. The van der Waals surface area contributed by atoms with Crippen molar-refractivity contribution < 1.29 is 9.31 Å². The highest BCUT2D eigenvalue weighted by Gasteiger charge is 2.28. The highest BCUT2D eigenvalue weighted by atomic mass is 35.5. The molecule has 2 atom stereocenters. The fraction of sp³-hybridized carbons (Fsp3) is 0.455. The Labute approximate surface area is 110 Å². The van der Waals surface area contributed by atoms with Crippen LogP contribution < -0.4 is 11.1 Å². The van der Waals surface area contributed by atoms with Gasteiger partial charge in [0.2, 0.25) is 0 Å². The zero-order valence-corrected chi connectivity index (χ0v) is 10.5. The first-order valence-electron chi connectivity index (χ1n) is 5.49. The Bertz CT molecular complexity index is 438. The number of nitrogens with one attached hydrogen (secondary N) is 1. The first-order chi connectivity index (χ1) is 8.09. The predicted molar refractivity (Wildman–Crippen MR) is 68.2 cm³/mol. The Kier molecular flexibility index (Phi) is 5.01. The second-order valence-corrected chi connectivity index (χ2v) is 4.24. The summed E-state index contributed by atoms with van der Waals surface area (Å²) in [5.74, 6) is -0.448. The van der Waals surface area contributed by atoms with E-state index in [-0.39, 0.29) is 24.0 Å². The van der Waals surface area contributed by atoms with Crippen molar-refractivity contribution >= 4 is 18.1 Å². The maximum absolute atomic E-state index is 13.0. The standard InChI is InChI=1S/C11H14FN3O2.ClH/c12-8-1-2-9(10(5-8)15(16)17)11(13)7-3-4-14-6-7;/h1-2,5,7,11,14H,3-4,6,13H2;1H/t7-,11?;/m1./s1. The molecule has 0 radical (unpaired) electrons. The van der Waals surface area contributed by atoms with Gasteiger partial charge in [0.05, 0.1) is 11.0 Å². The van der Waals surface area contributed by atoms with Crippen LogP contribution in [0.5, 0.6) is 0 Å². The quantitative estimate of drug-likeness (QED) is 0.651. The summed E-state index contributed by atoms with van der Waals surface area (Å²) in [5, 5.41) is 14.0. The number of rotatable bonds is 3. The third-order valence-corrected chi connectivity index (χ3v) is 3.15. The minimum absolute atomic E-state index is 0. The first-order valence-corrected chi connectivity index (χ1v) is 5.49. The summed E-state index contributed by atoms with van der Waals surface area (Å²) >= 11 is 0. The largest absolute Gasteiger partial charge is 0.323 e. The molecule has 1 saturated heterocycles. The number of halogens is 2. The number of benzene rings is 1. The van der Waals surface area contributed by atoms with Crippen LogP contribution in [0.2, 0.25) is 0 Å². The van der Waals surface area contributed by atoms with E-state index in [1.165, 1.54) is 12.1 Å². The van der Waals surface area contributed by atoms with Crippen LogP contribution in [0.4, 0.5) is 10.1 Å². The molecule has 0 aromatic heterocycles. The van der Waals surface area contributed by atoms with Gasteiger partial charge >= 0.3 is 0 Å². The lowest BCUT2D eigenvalue weighted by molar-refractivity contribution is -0.386. The lowest BCUT2D eigenvalue weighted by Gasteiger charge is -2.18. The molecule has 7 heteroatoms. The Balaban J connectivity index is 0.00000162. The monoisotopic (exact) mass is 275 g/mol. The van der Waals surface area contributed by atoms with Gasteiger partial charge in [0.1, 0.15) is 5.82 Å². The lowest BCUT2D eigenvalue weighted by atomic mass is 9.92. The van der Waals surface area contributed by atoms with Gasteiger partial charge in [-0.2, -0.15) is 0 Å². The first kappa shape index (κ1) is 14.8. The van der Waals surface area contributed by atoms with Gasteiger partial charge < -0.3 is 11.1 Å². The van der Waals surface area contributed by atoms with Crippen molar-refractivity contribution in [3.63, 3.8) is 0 Å². The molecule has 0 aliphatic carbocycles. The van der Waals surface area contributed by atoms with Crippen LogP contribution >= 0.6 is 12.4 Å². The Morgan fingerprint density at radius 2 is 2.28 bits per heavy atom. The van der Waals surface area contributed by atoms with Crippen molar-refractivity contribution in [2.24, 2.45) is 11.7 Å². The topological polar surface area (TPSA) is 81.2 Å². The molecular formula is C11H15ClFN3O2. The number of nitrogens with zero attached hydrogens (tertiary/aromatic N) is 1. The smallest absolute Gasteiger partial charge is 0.277 e. The normalized spacial score (nSPS) is 20.2. The van der Waals surface area contributed by atoms with E-state index in [4.69, 9.17) is 5.73 Å². The maximum atomic E-state index is 13.0. The summed E-state index contributed by atoms with van der Waals surface area (Å²) in [6, 6.07) is 3.13. The average Bonchev–Trinajstić information content (AvgIpc) is 2.81. The Morgan fingerprint density at radius 3 is 2.83 bits per heavy atom. The molecule has 100 valence electrons. The third-order valence-electron chi connectivity index (χ3n) is 3.15. The van der Waals surface area contributed by atoms with E-state index in [9.17, 15) is 14.5 Å². The van der Waals surface area contributed by atoms with Crippen molar-refractivity contribution in [1.82, 2.24) is 5.32 Å². The van der Waals surface area contributed by atoms with E-state index >= 15 is 0 Å². The molecule has 0 spiro atoms. The van der Waals surface area contributed by atoms with Crippen LogP contribution in [0, 0.1) is 21.8 Å². The second kappa shape index (κ2) is 6.08. The zero-order valence-electron chi connectivity index (χ0n) is 9.64. The highest BCUT2D eigenvalue weighted by molar-refractivity contribution is 5.85. The van der Waals surface area contributed by atoms with Crippen molar-refractivity contribution in [3.05, 3.63) is 39.7 Å². The van der Waals surface area contributed by atoms with E-state index in [1.54, 1.807) is 0 Å². The molecule has 3 N–H and O–H groups in total. The molecule has 1 aliphatic rings. The second-order valence-electron chi connectivity index (χ2n) is 4.24. The minimum atomic E-state index is -0.614. The number of hydrogen-bond donors (Lipinski definition) is 2. The van der Waals surface area contributed by atoms with Crippen LogP contribution in [0.3, 0.4) is 0 Å². The van der Waals surface area contributed by atoms with Gasteiger partial charge in [0, 0.05) is 11.6 Å². The van der Waals surface area contributed by atoms with Gasteiger partial charge in [0.25, 0.3) is 5.69 Å². The van der Waals surface area contributed by atoms with Crippen molar-refractivity contribution in [1.29, 1.82) is 0 Å². The number of nitrogens with two attached hydrogens (primary N) is 1. The fourth-order valence-corrected chi connectivity index (χ4v) is 2.19. The molecular weight excluding hydrogens is 261 g/mol. The molecule has 1 aromatic carbocycles. The van der Waals surface area contributed by atoms with E-state index in [0.717, 1.165) is 25.6 Å². The number of nitro benzene ring substituents is 1. The van der Waals surface area contributed by atoms with Crippen LogP contribution in [0.15, 0.2) is 18.2 Å². The molecule has 1 aromatic rings. The molecule has 0 amide bonds. The lowest BCUT2D eigenvalue weighted by Crippen LogP contribution is -2.24. The Morgan fingerprint density at radius 1 is 1.56 bits per heavy atom. The molecule has 2 rings (SSSR count). The molecule has 1 unspecified atom stereocenters. The van der Waals surface area contributed by atoms with Gasteiger partial charge in [-0.15, -0.1) is 12.4 Å². The summed E-state index contributed by atoms with van der Waals surface area (Å²) in [6.07, 6.45) is 0.885. The van der Waals surface area contributed by atoms with E-state index < -0.39 is 16.8 Å². The van der Waals surface area contributed by atoms with Crippen LogP contribution in [-0.4, -0.2) is 18.0 Å². The Hall–Kier alpha value is -1.24.